The van der Waals surface area contributed by atoms with Gasteiger partial charge in [0.15, 0.2) is 0 Å². The van der Waals surface area contributed by atoms with Crippen LogP contribution in [0.1, 0.15) is 38.8 Å². The van der Waals surface area contributed by atoms with Crippen LogP contribution in [0.4, 0.5) is 13.2 Å². The molecule has 0 spiro atoms. The first-order valence-electron chi connectivity index (χ1n) is 6.59. The lowest BCUT2D eigenvalue weighted by Gasteiger charge is -2.28. The average Bonchev–Trinajstić information content (AvgIpc) is 2.34. The largest absolute Gasteiger partial charge is 0.416 e. The van der Waals surface area contributed by atoms with Crippen molar-refractivity contribution < 1.29 is 18.0 Å². The predicted octanol–water partition coefficient (Wildman–Crippen LogP) is 2.84. The third-order valence-corrected chi connectivity index (χ3v) is 3.25. The zero-order chi connectivity index (χ0) is 16.5. The van der Waals surface area contributed by atoms with E-state index in [0.29, 0.717) is 5.56 Å². The molecule has 0 saturated carbocycles. The lowest BCUT2D eigenvalue weighted by Crippen LogP contribution is -2.51. The summed E-state index contributed by atoms with van der Waals surface area (Å²) in [4.78, 5) is 11.8. The molecule has 0 radical (unpaired) electrons. The van der Waals surface area contributed by atoms with Crippen molar-refractivity contribution in [2.24, 2.45) is 5.73 Å². The van der Waals surface area contributed by atoms with Crippen LogP contribution in [0.15, 0.2) is 24.3 Å². The Balaban J connectivity index is 2.91. The number of carbonyl (C=O) groups excluding carboxylic acids is 1. The van der Waals surface area contributed by atoms with Gasteiger partial charge >= 0.3 is 6.18 Å². The van der Waals surface area contributed by atoms with E-state index in [1.807, 2.05) is 0 Å². The minimum atomic E-state index is -4.38. The molecule has 0 atom stereocenters. The summed E-state index contributed by atoms with van der Waals surface area (Å²) in [5, 5.41) is 2.67. The van der Waals surface area contributed by atoms with Crippen LogP contribution in [0, 0.1) is 0 Å². The van der Waals surface area contributed by atoms with Gasteiger partial charge in [-0.25, -0.2) is 0 Å². The van der Waals surface area contributed by atoms with Crippen LogP contribution in [-0.2, 0) is 16.4 Å². The molecule has 6 heteroatoms. The molecule has 1 amide bonds. The molecular formula is C15H21F3N2O. The Bertz CT molecular complexity index is 516. The van der Waals surface area contributed by atoms with Crippen molar-refractivity contribution in [1.29, 1.82) is 0 Å². The molecule has 1 aromatic rings. The van der Waals surface area contributed by atoms with E-state index < -0.39 is 22.7 Å². The fraction of sp³-hybridized carbons (Fsp3) is 0.533. The lowest BCUT2D eigenvalue weighted by atomic mass is 9.83. The third kappa shape index (κ3) is 4.74. The first-order valence-corrected chi connectivity index (χ1v) is 6.59. The Morgan fingerprint density at radius 2 is 1.67 bits per heavy atom. The Hall–Kier alpha value is -1.56. The monoisotopic (exact) mass is 302 g/mol. The average molecular weight is 302 g/mol. The second kappa shape index (κ2) is 5.67. The van der Waals surface area contributed by atoms with E-state index >= 15 is 0 Å². The first kappa shape index (κ1) is 17.5. The molecule has 0 unspecified atom stereocenters. The van der Waals surface area contributed by atoms with E-state index in [9.17, 15) is 18.0 Å². The number of rotatable bonds is 4. The molecule has 1 rings (SSSR count). The zero-order valence-electron chi connectivity index (χ0n) is 12.6. The molecule has 3 nitrogen and oxygen atoms in total. The van der Waals surface area contributed by atoms with Crippen LogP contribution in [0.25, 0.3) is 0 Å². The topological polar surface area (TPSA) is 55.1 Å². The highest BCUT2D eigenvalue weighted by Crippen LogP contribution is 2.32. The van der Waals surface area contributed by atoms with Gasteiger partial charge in [0, 0.05) is 12.0 Å². The molecule has 0 aromatic heterocycles. The molecule has 21 heavy (non-hydrogen) atoms. The molecule has 1 aromatic carbocycles. The number of benzene rings is 1. The zero-order valence-corrected chi connectivity index (χ0v) is 12.6. The summed E-state index contributed by atoms with van der Waals surface area (Å²) < 4.78 is 38.2. The van der Waals surface area contributed by atoms with Gasteiger partial charge < -0.3 is 11.1 Å². The minimum absolute atomic E-state index is 0.202. The van der Waals surface area contributed by atoms with Gasteiger partial charge in [0.25, 0.3) is 0 Å². The maximum absolute atomic E-state index is 12.7. The number of nitrogens with one attached hydrogen (secondary N) is 1. The predicted molar refractivity (Wildman–Crippen MR) is 75.7 cm³/mol. The molecule has 0 aliphatic carbocycles. The maximum Gasteiger partial charge on any atom is 0.416 e. The van der Waals surface area contributed by atoms with Gasteiger partial charge in [0.05, 0.1) is 11.1 Å². The van der Waals surface area contributed by atoms with Crippen molar-refractivity contribution in [2.45, 2.75) is 44.8 Å². The van der Waals surface area contributed by atoms with Gasteiger partial charge in [-0.3, -0.25) is 4.79 Å². The molecule has 0 saturated heterocycles. The number of nitrogens with two attached hydrogens (primary N) is 1. The lowest BCUT2D eigenvalue weighted by molar-refractivity contribution is -0.137. The van der Waals surface area contributed by atoms with Crippen molar-refractivity contribution in [1.82, 2.24) is 5.32 Å². The van der Waals surface area contributed by atoms with Gasteiger partial charge in [-0.1, -0.05) is 32.0 Å². The number of carbonyl (C=O) groups is 1. The van der Waals surface area contributed by atoms with Crippen molar-refractivity contribution in [2.75, 3.05) is 6.54 Å². The van der Waals surface area contributed by atoms with Crippen molar-refractivity contribution in [3.05, 3.63) is 35.4 Å². The molecule has 3 N–H and O–H groups in total. The van der Waals surface area contributed by atoms with E-state index in [4.69, 9.17) is 5.73 Å². The van der Waals surface area contributed by atoms with Gasteiger partial charge in [0.2, 0.25) is 5.91 Å². The van der Waals surface area contributed by atoms with E-state index in [-0.39, 0.29) is 12.5 Å². The van der Waals surface area contributed by atoms with Gasteiger partial charge in [-0.2, -0.15) is 13.2 Å². The number of amides is 1. The molecule has 0 aliphatic heterocycles. The molecule has 118 valence electrons. The highest BCUT2D eigenvalue weighted by molar-refractivity contribution is 5.85. The number of hydrogen-bond acceptors (Lipinski definition) is 2. The summed E-state index contributed by atoms with van der Waals surface area (Å²) in [6.45, 7) is 6.88. The summed E-state index contributed by atoms with van der Waals surface area (Å²) in [5.74, 6) is -0.345. The SMILES string of the molecule is CC(C)(N)C(=O)NCC(C)(C)c1cccc(C(F)(F)F)c1. The Kier molecular flexibility index (Phi) is 4.73. The third-order valence-electron chi connectivity index (χ3n) is 3.25. The van der Waals surface area contributed by atoms with Crippen LogP contribution in [0.2, 0.25) is 0 Å². The smallest absolute Gasteiger partial charge is 0.354 e. The van der Waals surface area contributed by atoms with E-state index in [2.05, 4.69) is 5.32 Å². The summed E-state index contributed by atoms with van der Waals surface area (Å²) in [7, 11) is 0. The van der Waals surface area contributed by atoms with Crippen LogP contribution >= 0.6 is 0 Å². The van der Waals surface area contributed by atoms with Gasteiger partial charge in [-0.15, -0.1) is 0 Å². The minimum Gasteiger partial charge on any atom is -0.354 e. The van der Waals surface area contributed by atoms with E-state index in [0.717, 1.165) is 12.1 Å². The van der Waals surface area contributed by atoms with Crippen molar-refractivity contribution >= 4 is 5.91 Å². The second-order valence-corrected chi connectivity index (χ2v) is 6.37. The normalized spacial score (nSPS) is 13.1. The summed E-state index contributed by atoms with van der Waals surface area (Å²) in [6.07, 6.45) is -4.38. The molecule has 0 heterocycles. The maximum atomic E-state index is 12.7. The molecular weight excluding hydrogens is 281 g/mol. The summed E-state index contributed by atoms with van der Waals surface area (Å²) in [6, 6.07) is 5.13. The fourth-order valence-corrected chi connectivity index (χ4v) is 1.75. The fourth-order valence-electron chi connectivity index (χ4n) is 1.75. The Morgan fingerprint density at radius 3 is 2.14 bits per heavy atom. The quantitative estimate of drug-likeness (QED) is 0.898. The first-order chi connectivity index (χ1) is 9.34. The Labute approximate surface area is 122 Å². The highest BCUT2D eigenvalue weighted by Gasteiger charge is 2.32. The number of alkyl halides is 3. The van der Waals surface area contributed by atoms with Crippen molar-refractivity contribution in [3.63, 3.8) is 0 Å². The van der Waals surface area contributed by atoms with E-state index in [1.54, 1.807) is 33.8 Å². The molecule has 0 aliphatic rings. The summed E-state index contributed by atoms with van der Waals surface area (Å²) >= 11 is 0. The van der Waals surface area contributed by atoms with Crippen LogP contribution in [-0.4, -0.2) is 18.0 Å². The molecule has 0 fully saturated rings. The number of hydrogen-bond donors (Lipinski definition) is 2. The standard InChI is InChI=1S/C15H21F3N2O/c1-13(2,9-20-12(21)14(3,4)19)10-6-5-7-11(8-10)15(16,17)18/h5-8H,9,19H2,1-4H3,(H,20,21). The molecule has 0 bridgehead atoms. The van der Waals surface area contributed by atoms with Crippen LogP contribution < -0.4 is 11.1 Å². The number of halogens is 3. The highest BCUT2D eigenvalue weighted by atomic mass is 19.4. The van der Waals surface area contributed by atoms with Crippen LogP contribution in [0.3, 0.4) is 0 Å². The van der Waals surface area contributed by atoms with Gasteiger partial charge in [0.1, 0.15) is 0 Å². The van der Waals surface area contributed by atoms with Gasteiger partial charge in [-0.05, 0) is 25.5 Å². The second-order valence-electron chi connectivity index (χ2n) is 6.37. The van der Waals surface area contributed by atoms with Crippen molar-refractivity contribution in [3.8, 4) is 0 Å². The van der Waals surface area contributed by atoms with E-state index in [1.165, 1.54) is 6.07 Å². The summed E-state index contributed by atoms with van der Waals surface area (Å²) in [5.41, 5.74) is 3.82. The Morgan fingerprint density at radius 1 is 1.14 bits per heavy atom. The van der Waals surface area contributed by atoms with Crippen LogP contribution in [0.5, 0.6) is 0 Å².